The molecule has 5 heteroatoms. The summed E-state index contributed by atoms with van der Waals surface area (Å²) in [5.41, 5.74) is 3.41. The Morgan fingerprint density at radius 3 is 2.38 bits per heavy atom. The van der Waals surface area contributed by atoms with Crippen LogP contribution in [-0.4, -0.2) is 23.0 Å². The molecule has 0 bridgehead atoms. The molecule has 1 aliphatic heterocycles. The molecule has 0 saturated carbocycles. The maximum absolute atomic E-state index is 11.8. The van der Waals surface area contributed by atoms with Crippen LogP contribution in [0.4, 0.5) is 5.69 Å². The summed E-state index contributed by atoms with van der Waals surface area (Å²) in [4.78, 5) is 24.6. The first-order valence-corrected chi connectivity index (χ1v) is 7.86. The monoisotopic (exact) mass is 328 g/mol. The van der Waals surface area contributed by atoms with Crippen molar-refractivity contribution in [3.8, 4) is 11.3 Å². The van der Waals surface area contributed by atoms with Crippen LogP contribution in [0.3, 0.4) is 0 Å². The van der Waals surface area contributed by atoms with E-state index in [9.17, 15) is 9.59 Å². The second kappa shape index (κ2) is 6.51. The molecule has 0 unspecified atom stereocenters. The lowest BCUT2D eigenvalue weighted by Gasteiger charge is -2.15. The highest BCUT2D eigenvalue weighted by Gasteiger charge is 2.38. The molecule has 24 heavy (non-hydrogen) atoms. The Labute approximate surface area is 142 Å². The fourth-order valence-electron chi connectivity index (χ4n) is 2.39. The van der Waals surface area contributed by atoms with Gasteiger partial charge < -0.3 is 15.0 Å². The maximum atomic E-state index is 11.8. The molecule has 2 heterocycles. The van der Waals surface area contributed by atoms with Crippen molar-refractivity contribution in [3.63, 3.8) is 0 Å². The number of rotatable bonds is 2. The summed E-state index contributed by atoms with van der Waals surface area (Å²) in [5, 5.41) is 2.91. The molecule has 0 atom stereocenters. The number of anilines is 1. The third-order valence-electron chi connectivity index (χ3n) is 3.82. The van der Waals surface area contributed by atoms with E-state index in [1.165, 1.54) is 0 Å². The Morgan fingerprint density at radius 1 is 1.17 bits per heavy atom. The zero-order valence-corrected chi connectivity index (χ0v) is 14.8. The van der Waals surface area contributed by atoms with Gasteiger partial charge in [0.15, 0.2) is 0 Å². The first-order chi connectivity index (χ1) is 11.1. The van der Waals surface area contributed by atoms with Gasteiger partial charge in [0.25, 0.3) is 6.47 Å². The summed E-state index contributed by atoms with van der Waals surface area (Å²) >= 11 is 0. The minimum absolute atomic E-state index is 0.0659. The lowest BCUT2D eigenvalue weighted by Crippen LogP contribution is -2.26. The van der Waals surface area contributed by atoms with E-state index in [4.69, 9.17) is 0 Å². The number of amides is 1. The molecule has 5 nitrogen and oxygen atoms in total. The Bertz CT molecular complexity index is 726. The number of benzene rings is 1. The maximum Gasteiger partial charge on any atom is 0.293 e. The molecule has 1 aromatic carbocycles. The van der Waals surface area contributed by atoms with Gasteiger partial charge in [-0.05, 0) is 70.0 Å². The van der Waals surface area contributed by atoms with E-state index < -0.39 is 5.41 Å². The van der Waals surface area contributed by atoms with Crippen LogP contribution in [0.25, 0.3) is 11.3 Å². The molecule has 0 spiro atoms. The minimum atomic E-state index is -0.446. The van der Waals surface area contributed by atoms with E-state index in [0.29, 0.717) is 6.47 Å². The average molecular weight is 328 g/mol. The Balaban J connectivity index is 0.000000256. The fraction of sp³-hybridized carbons (Fsp3) is 0.368. The molecule has 1 amide bonds. The largest absolute Gasteiger partial charge is 0.462 e. The molecule has 3 rings (SSSR count). The van der Waals surface area contributed by atoms with Crippen molar-refractivity contribution in [1.82, 2.24) is 4.98 Å². The van der Waals surface area contributed by atoms with Crippen LogP contribution in [0.2, 0.25) is 0 Å². The van der Waals surface area contributed by atoms with Gasteiger partial charge in [0.2, 0.25) is 5.91 Å². The summed E-state index contributed by atoms with van der Waals surface area (Å²) in [6, 6.07) is 10.1. The van der Waals surface area contributed by atoms with Gasteiger partial charge in [0.05, 0.1) is 5.41 Å². The number of hydrogen-bond acceptors (Lipinski definition) is 3. The smallest absolute Gasteiger partial charge is 0.293 e. The van der Waals surface area contributed by atoms with Crippen LogP contribution < -0.4 is 5.32 Å². The van der Waals surface area contributed by atoms with Crippen molar-refractivity contribution in [2.75, 3.05) is 5.32 Å². The quantitative estimate of drug-likeness (QED) is 0.822. The molecule has 0 aliphatic carbocycles. The number of carbonyl (C=O) groups is 2. The van der Waals surface area contributed by atoms with E-state index in [2.05, 4.69) is 21.1 Å². The normalized spacial score (nSPS) is 15.0. The second-order valence-corrected chi connectivity index (χ2v) is 7.25. The van der Waals surface area contributed by atoms with Gasteiger partial charge >= 0.3 is 0 Å². The molecule has 1 aromatic heterocycles. The van der Waals surface area contributed by atoms with Gasteiger partial charge in [-0.3, -0.25) is 9.59 Å². The number of H-pyrrole nitrogens is 1. The van der Waals surface area contributed by atoms with E-state index >= 15 is 0 Å². The van der Waals surface area contributed by atoms with Crippen molar-refractivity contribution in [2.24, 2.45) is 0 Å². The number of aromatic nitrogens is 1. The van der Waals surface area contributed by atoms with Crippen molar-refractivity contribution < 1.29 is 14.3 Å². The van der Waals surface area contributed by atoms with E-state index in [1.807, 2.05) is 65.1 Å². The standard InChI is InChI=1S/C14H14N2O.C5H10O2/c1-14(2)10-8-9(11-4-3-7-15-11)5-6-12(10)16-13(14)17;1-5(2,3)7-4-6/h3-8,15H,1-2H3,(H,16,17);4H,1-3H3. The first kappa shape index (κ1) is 17.8. The topological polar surface area (TPSA) is 71.2 Å². The number of ether oxygens (including phenoxy) is 1. The van der Waals surface area contributed by atoms with Crippen LogP contribution >= 0.6 is 0 Å². The molecule has 128 valence electrons. The lowest BCUT2D eigenvalue weighted by atomic mass is 9.85. The summed E-state index contributed by atoms with van der Waals surface area (Å²) < 4.78 is 4.55. The average Bonchev–Trinajstić information content (AvgIpc) is 3.07. The van der Waals surface area contributed by atoms with E-state index in [1.54, 1.807) is 0 Å². The van der Waals surface area contributed by atoms with Crippen LogP contribution in [0, 0.1) is 0 Å². The predicted octanol–water partition coefficient (Wildman–Crippen LogP) is 3.87. The predicted molar refractivity (Wildman–Crippen MR) is 94.8 cm³/mol. The summed E-state index contributed by atoms with van der Waals surface area (Å²) in [6.45, 7) is 9.82. The van der Waals surface area contributed by atoms with Crippen molar-refractivity contribution in [2.45, 2.75) is 45.6 Å². The Morgan fingerprint density at radius 2 is 1.88 bits per heavy atom. The summed E-state index contributed by atoms with van der Waals surface area (Å²) in [6.07, 6.45) is 1.90. The third-order valence-corrected chi connectivity index (χ3v) is 3.82. The van der Waals surface area contributed by atoms with Crippen LogP contribution in [0.1, 0.15) is 40.2 Å². The number of carbonyl (C=O) groups excluding carboxylic acids is 2. The fourth-order valence-corrected chi connectivity index (χ4v) is 2.39. The third kappa shape index (κ3) is 3.85. The Kier molecular flexibility index (Phi) is 4.83. The molecule has 0 radical (unpaired) electrons. The lowest BCUT2D eigenvalue weighted by molar-refractivity contribution is -0.138. The van der Waals surface area contributed by atoms with Crippen LogP contribution in [0.5, 0.6) is 0 Å². The van der Waals surface area contributed by atoms with Crippen molar-refractivity contribution >= 4 is 18.1 Å². The van der Waals surface area contributed by atoms with Crippen LogP contribution in [-0.2, 0) is 19.7 Å². The summed E-state index contributed by atoms with van der Waals surface area (Å²) in [5.74, 6) is 0.0659. The highest BCUT2D eigenvalue weighted by molar-refractivity contribution is 6.06. The van der Waals surface area contributed by atoms with Gasteiger partial charge in [-0.15, -0.1) is 0 Å². The molecule has 2 aromatic rings. The summed E-state index contributed by atoms with van der Waals surface area (Å²) in [7, 11) is 0. The van der Waals surface area contributed by atoms with Gasteiger partial charge in [0, 0.05) is 17.6 Å². The van der Waals surface area contributed by atoms with Gasteiger partial charge in [-0.2, -0.15) is 0 Å². The first-order valence-electron chi connectivity index (χ1n) is 7.86. The van der Waals surface area contributed by atoms with Crippen molar-refractivity contribution in [1.29, 1.82) is 0 Å². The van der Waals surface area contributed by atoms with Crippen molar-refractivity contribution in [3.05, 3.63) is 42.1 Å². The zero-order valence-electron chi connectivity index (χ0n) is 14.8. The minimum Gasteiger partial charge on any atom is -0.462 e. The number of aromatic amines is 1. The molecule has 2 N–H and O–H groups in total. The van der Waals surface area contributed by atoms with Gasteiger partial charge in [-0.1, -0.05) is 6.07 Å². The molecular formula is C19H24N2O3. The molecule has 0 fully saturated rings. The van der Waals surface area contributed by atoms with E-state index in [-0.39, 0.29) is 11.5 Å². The highest BCUT2D eigenvalue weighted by Crippen LogP contribution is 2.39. The molecular weight excluding hydrogens is 304 g/mol. The van der Waals surface area contributed by atoms with Gasteiger partial charge in [-0.25, -0.2) is 0 Å². The SMILES string of the molecule is CC(C)(C)OC=O.CC1(C)C(=O)Nc2ccc(-c3ccc[nH]3)cc21. The number of hydrogen-bond donors (Lipinski definition) is 2. The number of nitrogens with one attached hydrogen (secondary N) is 2. The molecule has 1 aliphatic rings. The van der Waals surface area contributed by atoms with Crippen LogP contribution in [0.15, 0.2) is 36.5 Å². The zero-order chi connectivity index (χ0) is 18.0. The van der Waals surface area contributed by atoms with Gasteiger partial charge in [0.1, 0.15) is 5.60 Å². The molecule has 0 saturated heterocycles. The number of fused-ring (bicyclic) bond motifs is 1. The second-order valence-electron chi connectivity index (χ2n) is 7.25. The highest BCUT2D eigenvalue weighted by atomic mass is 16.5. The van der Waals surface area contributed by atoms with E-state index in [0.717, 1.165) is 22.5 Å². The Hall–Kier alpha value is -2.56.